The first-order chi connectivity index (χ1) is 10.6. The third-order valence-corrected chi connectivity index (χ3v) is 5.79. The highest BCUT2D eigenvalue weighted by molar-refractivity contribution is 7.99. The first-order valence-corrected chi connectivity index (χ1v) is 8.59. The predicted molar refractivity (Wildman–Crippen MR) is 82.8 cm³/mol. The fourth-order valence-electron chi connectivity index (χ4n) is 3.20. The molecule has 2 N–H and O–H groups in total. The van der Waals surface area contributed by atoms with Crippen LogP contribution in [0.1, 0.15) is 34.7 Å². The Morgan fingerprint density at radius 2 is 2.23 bits per heavy atom. The van der Waals surface area contributed by atoms with Crippen molar-refractivity contribution in [3.05, 3.63) is 23.3 Å². The molecule has 0 spiro atoms. The van der Waals surface area contributed by atoms with E-state index in [1.165, 1.54) is 0 Å². The van der Waals surface area contributed by atoms with Gasteiger partial charge in [0.2, 0.25) is 0 Å². The zero-order valence-corrected chi connectivity index (χ0v) is 12.8. The maximum Gasteiger partial charge on any atom is 0.526 e. The van der Waals surface area contributed by atoms with E-state index in [-0.39, 0.29) is 17.3 Å². The topological polar surface area (TPSA) is 76.0 Å². The van der Waals surface area contributed by atoms with Crippen molar-refractivity contribution >= 4 is 24.8 Å². The summed E-state index contributed by atoms with van der Waals surface area (Å²) in [4.78, 5) is 12.4. The minimum atomic E-state index is -0.988. The van der Waals surface area contributed by atoms with Gasteiger partial charge in [-0.05, 0) is 36.1 Å². The van der Waals surface area contributed by atoms with Crippen LogP contribution in [0, 0.1) is 5.92 Å². The summed E-state index contributed by atoms with van der Waals surface area (Å²) in [6.07, 6.45) is 1.90. The van der Waals surface area contributed by atoms with Gasteiger partial charge in [-0.25, -0.2) is 4.79 Å². The molecule has 7 heteroatoms. The number of ether oxygens (including phenoxy) is 1. The maximum absolute atomic E-state index is 11.7. The van der Waals surface area contributed by atoms with Gasteiger partial charge in [0.1, 0.15) is 11.3 Å². The monoisotopic (exact) mass is 320 g/mol. The molecule has 1 aliphatic carbocycles. The van der Waals surface area contributed by atoms with E-state index in [4.69, 9.17) is 9.39 Å². The van der Waals surface area contributed by atoms with Crippen molar-refractivity contribution in [1.29, 1.82) is 0 Å². The second-order valence-electron chi connectivity index (χ2n) is 6.22. The number of fused-ring (bicyclic) bond motifs is 3. The summed E-state index contributed by atoms with van der Waals surface area (Å²) < 4.78 is 10.7. The Kier molecular flexibility index (Phi) is 3.59. The SMILES string of the molecule is O=C(O)c1c(SCCC2COC2)ccc2c1OB(O)C1CC21. The maximum atomic E-state index is 11.7. The summed E-state index contributed by atoms with van der Waals surface area (Å²) in [6.45, 7) is 1.63. The molecule has 22 heavy (non-hydrogen) atoms. The first kappa shape index (κ1) is 14.4. The number of benzene rings is 1. The number of carboxylic acids is 1. The molecule has 2 unspecified atom stereocenters. The molecule has 0 aromatic heterocycles. The second kappa shape index (κ2) is 5.47. The Bertz CT molecular complexity index is 618. The summed E-state index contributed by atoms with van der Waals surface area (Å²) in [5.74, 6) is 1.23. The van der Waals surface area contributed by atoms with Gasteiger partial charge in [0, 0.05) is 16.6 Å². The lowest BCUT2D eigenvalue weighted by Gasteiger charge is -2.26. The normalized spacial score (nSPS) is 25.8. The van der Waals surface area contributed by atoms with E-state index >= 15 is 0 Å². The second-order valence-corrected chi connectivity index (χ2v) is 7.35. The van der Waals surface area contributed by atoms with E-state index < -0.39 is 13.1 Å². The molecule has 5 nitrogen and oxygen atoms in total. The molecule has 1 aromatic carbocycles. The van der Waals surface area contributed by atoms with E-state index in [0.717, 1.165) is 42.3 Å². The summed E-state index contributed by atoms with van der Waals surface area (Å²) >= 11 is 1.54. The number of aromatic carboxylic acids is 1. The zero-order valence-electron chi connectivity index (χ0n) is 12.0. The largest absolute Gasteiger partial charge is 0.535 e. The van der Waals surface area contributed by atoms with Gasteiger partial charge in [0.05, 0.1) is 13.2 Å². The van der Waals surface area contributed by atoms with E-state index in [9.17, 15) is 14.9 Å². The van der Waals surface area contributed by atoms with E-state index in [1.807, 2.05) is 12.1 Å². The molecular formula is C15H17BO5S. The first-order valence-electron chi connectivity index (χ1n) is 7.60. The Labute approximate surface area is 133 Å². The van der Waals surface area contributed by atoms with Crippen LogP contribution in [0.2, 0.25) is 5.82 Å². The van der Waals surface area contributed by atoms with E-state index in [2.05, 4.69) is 0 Å². The lowest BCUT2D eigenvalue weighted by molar-refractivity contribution is -0.0326. The van der Waals surface area contributed by atoms with Gasteiger partial charge in [-0.15, -0.1) is 11.8 Å². The highest BCUT2D eigenvalue weighted by atomic mass is 32.2. The lowest BCUT2D eigenvalue weighted by atomic mass is 9.77. The third kappa shape index (κ3) is 2.41. The molecule has 2 atom stereocenters. The molecule has 1 saturated carbocycles. The molecular weight excluding hydrogens is 303 g/mol. The molecule has 2 fully saturated rings. The van der Waals surface area contributed by atoms with Crippen LogP contribution >= 0.6 is 11.8 Å². The van der Waals surface area contributed by atoms with Gasteiger partial charge in [0.25, 0.3) is 0 Å². The minimum Gasteiger partial charge on any atom is -0.535 e. The van der Waals surface area contributed by atoms with Crippen molar-refractivity contribution in [2.45, 2.75) is 29.5 Å². The zero-order chi connectivity index (χ0) is 15.3. The van der Waals surface area contributed by atoms with Gasteiger partial charge >= 0.3 is 13.1 Å². The number of carboxylic acid groups (broad SMARTS) is 1. The lowest BCUT2D eigenvalue weighted by Crippen LogP contribution is -2.28. The number of hydrogen-bond acceptors (Lipinski definition) is 5. The molecule has 3 aliphatic rings. The number of thioether (sulfide) groups is 1. The predicted octanol–water partition coefficient (Wildman–Crippen LogP) is 2.24. The van der Waals surface area contributed by atoms with Crippen LogP contribution < -0.4 is 4.65 Å². The van der Waals surface area contributed by atoms with Crippen LogP contribution in [-0.2, 0) is 4.74 Å². The summed E-state index contributed by atoms with van der Waals surface area (Å²) in [5.41, 5.74) is 1.14. The van der Waals surface area contributed by atoms with Crippen molar-refractivity contribution in [2.24, 2.45) is 5.92 Å². The molecule has 0 radical (unpaired) electrons. The average Bonchev–Trinajstić information content (AvgIpc) is 3.21. The van der Waals surface area contributed by atoms with E-state index in [0.29, 0.717) is 11.7 Å². The Morgan fingerprint density at radius 3 is 2.91 bits per heavy atom. The molecule has 1 aromatic rings. The highest BCUT2D eigenvalue weighted by Crippen LogP contribution is 2.60. The van der Waals surface area contributed by atoms with Crippen molar-refractivity contribution in [1.82, 2.24) is 0 Å². The fraction of sp³-hybridized carbons (Fsp3) is 0.533. The Balaban J connectivity index is 1.58. The van der Waals surface area contributed by atoms with Gasteiger partial charge in [-0.1, -0.05) is 6.07 Å². The molecule has 2 aliphatic heterocycles. The van der Waals surface area contributed by atoms with Gasteiger partial charge in [-0.3, -0.25) is 0 Å². The minimum absolute atomic E-state index is 0.131. The number of carbonyl (C=O) groups is 1. The van der Waals surface area contributed by atoms with Crippen LogP contribution in [0.15, 0.2) is 17.0 Å². The molecule has 1 saturated heterocycles. The quantitative estimate of drug-likeness (QED) is 0.640. The van der Waals surface area contributed by atoms with Gasteiger partial charge < -0.3 is 19.5 Å². The standard InChI is InChI=1S/C15H17BO5S/c17-15(18)13-12(22-4-3-8-6-20-7-8)2-1-9-10-5-11(10)16(19)21-14(9)13/h1-2,8,10-11,19H,3-7H2,(H,17,18). The van der Waals surface area contributed by atoms with Crippen molar-refractivity contribution < 1.29 is 24.3 Å². The molecule has 116 valence electrons. The fourth-order valence-corrected chi connectivity index (χ4v) is 4.36. The smallest absolute Gasteiger partial charge is 0.526 e. The summed E-state index contributed by atoms with van der Waals surface area (Å²) in [7, 11) is -0.872. The van der Waals surface area contributed by atoms with Gasteiger partial charge in [-0.2, -0.15) is 0 Å². The number of rotatable bonds is 5. The van der Waals surface area contributed by atoms with Crippen LogP contribution in [0.4, 0.5) is 0 Å². The van der Waals surface area contributed by atoms with Crippen molar-refractivity contribution in [3.8, 4) is 5.75 Å². The highest BCUT2D eigenvalue weighted by Gasteiger charge is 2.54. The molecule has 0 amide bonds. The molecule has 4 rings (SSSR count). The molecule has 2 heterocycles. The summed E-state index contributed by atoms with van der Waals surface area (Å²) in [6, 6.07) is 3.85. The van der Waals surface area contributed by atoms with E-state index in [1.54, 1.807) is 11.8 Å². The van der Waals surface area contributed by atoms with Crippen LogP contribution in [0.5, 0.6) is 5.75 Å². The van der Waals surface area contributed by atoms with Crippen molar-refractivity contribution in [3.63, 3.8) is 0 Å². The van der Waals surface area contributed by atoms with Crippen LogP contribution in [-0.4, -0.2) is 42.2 Å². The molecule has 0 bridgehead atoms. The Morgan fingerprint density at radius 1 is 1.41 bits per heavy atom. The van der Waals surface area contributed by atoms with Crippen molar-refractivity contribution in [2.75, 3.05) is 19.0 Å². The van der Waals surface area contributed by atoms with Gasteiger partial charge in [0.15, 0.2) is 0 Å². The third-order valence-electron chi connectivity index (χ3n) is 4.70. The number of hydrogen-bond donors (Lipinski definition) is 2. The summed E-state index contributed by atoms with van der Waals surface area (Å²) in [5, 5.41) is 19.5. The van der Waals surface area contributed by atoms with Crippen LogP contribution in [0.3, 0.4) is 0 Å². The average molecular weight is 320 g/mol. The Hall–Kier alpha value is -1.18. The van der Waals surface area contributed by atoms with Crippen LogP contribution in [0.25, 0.3) is 0 Å².